The smallest absolute Gasteiger partial charge is 0.338 e. The van der Waals surface area contributed by atoms with E-state index >= 15 is 0 Å². The first-order valence-electron chi connectivity index (χ1n) is 7.74. The van der Waals surface area contributed by atoms with Crippen LogP contribution in [0.15, 0.2) is 30.3 Å². The Morgan fingerprint density at radius 2 is 1.60 bits per heavy atom. The topological polar surface area (TPSA) is 86.5 Å². The van der Waals surface area contributed by atoms with Crippen molar-refractivity contribution in [2.24, 2.45) is 0 Å². The van der Waals surface area contributed by atoms with Crippen molar-refractivity contribution in [3.63, 3.8) is 0 Å². The second-order valence-corrected chi connectivity index (χ2v) is 5.94. The van der Waals surface area contributed by atoms with Gasteiger partial charge in [-0.1, -0.05) is 6.07 Å². The van der Waals surface area contributed by atoms with Crippen LogP contribution < -0.4 is 0 Å². The first-order chi connectivity index (χ1) is 11.7. The second-order valence-electron chi connectivity index (χ2n) is 5.94. The number of carbonyl (C=O) groups excluding carboxylic acids is 2. The summed E-state index contributed by atoms with van der Waals surface area (Å²) in [5.41, 5.74) is 4.48. The Bertz CT molecular complexity index is 853. The fourth-order valence-electron chi connectivity index (χ4n) is 2.72. The van der Waals surface area contributed by atoms with Crippen molar-refractivity contribution >= 4 is 17.4 Å². The van der Waals surface area contributed by atoms with Gasteiger partial charge in [0.2, 0.25) is 5.78 Å². The molecule has 2 aromatic rings. The first kappa shape index (κ1) is 18.3. The molecule has 2 rings (SSSR count). The minimum Gasteiger partial charge on any atom is -0.454 e. The number of hydrogen-bond donors (Lipinski definition) is 0. The van der Waals surface area contributed by atoms with Crippen LogP contribution in [0.25, 0.3) is 0 Å². The van der Waals surface area contributed by atoms with Crippen LogP contribution in [0.1, 0.15) is 43.0 Å². The summed E-state index contributed by atoms with van der Waals surface area (Å²) in [6.07, 6.45) is 0. The number of esters is 1. The van der Waals surface area contributed by atoms with Gasteiger partial charge in [0, 0.05) is 17.7 Å². The second kappa shape index (κ2) is 7.25. The normalized spacial score (nSPS) is 10.4. The molecule has 0 amide bonds. The third kappa shape index (κ3) is 3.91. The molecular formula is C19H19NO5. The molecule has 2 aromatic carbocycles. The Hall–Kier alpha value is -3.02. The summed E-state index contributed by atoms with van der Waals surface area (Å²) in [6.45, 7) is 7.29. The van der Waals surface area contributed by atoms with Crippen molar-refractivity contribution in [3.8, 4) is 0 Å². The van der Waals surface area contributed by atoms with E-state index in [9.17, 15) is 19.7 Å². The van der Waals surface area contributed by atoms with Gasteiger partial charge in [-0.3, -0.25) is 14.9 Å². The number of nitrogens with zero attached hydrogens (tertiary/aromatic N) is 1. The largest absolute Gasteiger partial charge is 0.454 e. The van der Waals surface area contributed by atoms with E-state index in [0.717, 1.165) is 22.3 Å². The molecule has 6 heteroatoms. The molecule has 6 nitrogen and oxygen atoms in total. The highest BCUT2D eigenvalue weighted by atomic mass is 16.6. The molecule has 0 N–H and O–H groups in total. The monoisotopic (exact) mass is 341 g/mol. The average molecular weight is 341 g/mol. The van der Waals surface area contributed by atoms with Crippen molar-refractivity contribution < 1.29 is 19.2 Å². The lowest BCUT2D eigenvalue weighted by atomic mass is 9.92. The van der Waals surface area contributed by atoms with Crippen LogP contribution in [0, 0.1) is 37.8 Å². The molecule has 0 aliphatic carbocycles. The molecule has 25 heavy (non-hydrogen) atoms. The van der Waals surface area contributed by atoms with Gasteiger partial charge in [-0.2, -0.15) is 0 Å². The lowest BCUT2D eigenvalue weighted by Gasteiger charge is -2.14. The summed E-state index contributed by atoms with van der Waals surface area (Å²) in [7, 11) is 0. The zero-order valence-corrected chi connectivity index (χ0v) is 14.6. The maximum absolute atomic E-state index is 12.5. The van der Waals surface area contributed by atoms with Gasteiger partial charge in [0.15, 0.2) is 6.61 Å². The zero-order chi connectivity index (χ0) is 18.7. The molecule has 0 bridgehead atoms. The highest BCUT2D eigenvalue weighted by molar-refractivity contribution is 6.01. The third-order valence-corrected chi connectivity index (χ3v) is 4.28. The predicted octanol–water partition coefficient (Wildman–Crippen LogP) is 3.87. The van der Waals surface area contributed by atoms with Gasteiger partial charge in [-0.15, -0.1) is 0 Å². The number of hydrogen-bond acceptors (Lipinski definition) is 5. The summed E-state index contributed by atoms with van der Waals surface area (Å²) in [5, 5.41) is 10.6. The summed E-state index contributed by atoms with van der Waals surface area (Å²) in [4.78, 5) is 34.5. The molecule has 0 unspecified atom stereocenters. The third-order valence-electron chi connectivity index (χ3n) is 4.28. The van der Waals surface area contributed by atoms with Crippen molar-refractivity contribution in [1.29, 1.82) is 0 Å². The Balaban J connectivity index is 2.11. The Labute approximate surface area is 145 Å². The summed E-state index contributed by atoms with van der Waals surface area (Å²) < 4.78 is 5.07. The SMILES string of the molecule is Cc1cc(C)c(C(=O)COC(=O)c2ccc([N+](=O)[O-])cc2)c(C)c1C. The van der Waals surface area contributed by atoms with Crippen LogP contribution in [0.2, 0.25) is 0 Å². The lowest BCUT2D eigenvalue weighted by Crippen LogP contribution is -2.17. The molecule has 0 aliphatic heterocycles. The van der Waals surface area contributed by atoms with Crippen molar-refractivity contribution in [2.45, 2.75) is 27.7 Å². The Morgan fingerprint density at radius 3 is 2.16 bits per heavy atom. The number of ether oxygens (including phenoxy) is 1. The highest BCUT2D eigenvalue weighted by Crippen LogP contribution is 2.22. The molecule has 0 aliphatic rings. The molecule has 0 fully saturated rings. The van der Waals surface area contributed by atoms with E-state index < -0.39 is 10.9 Å². The van der Waals surface area contributed by atoms with E-state index in [1.165, 1.54) is 24.3 Å². The van der Waals surface area contributed by atoms with E-state index in [0.29, 0.717) is 5.56 Å². The van der Waals surface area contributed by atoms with Gasteiger partial charge >= 0.3 is 5.97 Å². The van der Waals surface area contributed by atoms with Gasteiger partial charge in [-0.05, 0) is 62.1 Å². The number of carbonyl (C=O) groups is 2. The number of nitro benzene ring substituents is 1. The van der Waals surface area contributed by atoms with E-state index in [1.54, 1.807) is 0 Å². The van der Waals surface area contributed by atoms with Crippen LogP contribution >= 0.6 is 0 Å². The van der Waals surface area contributed by atoms with Gasteiger partial charge in [0.25, 0.3) is 5.69 Å². The van der Waals surface area contributed by atoms with E-state index in [1.807, 2.05) is 33.8 Å². The predicted molar refractivity (Wildman–Crippen MR) is 93.1 cm³/mol. The van der Waals surface area contributed by atoms with Crippen LogP contribution in [0.3, 0.4) is 0 Å². The lowest BCUT2D eigenvalue weighted by molar-refractivity contribution is -0.384. The van der Waals surface area contributed by atoms with Crippen molar-refractivity contribution in [1.82, 2.24) is 0 Å². The number of nitro groups is 1. The number of benzene rings is 2. The molecule has 0 radical (unpaired) electrons. The minimum atomic E-state index is -0.692. The number of ketones is 1. The average Bonchev–Trinajstić information content (AvgIpc) is 2.57. The molecule has 130 valence electrons. The highest BCUT2D eigenvalue weighted by Gasteiger charge is 2.18. The van der Waals surface area contributed by atoms with E-state index in [4.69, 9.17) is 4.74 Å². The molecule has 0 saturated heterocycles. The minimum absolute atomic E-state index is 0.117. The van der Waals surface area contributed by atoms with Crippen LogP contribution in [0.5, 0.6) is 0 Å². The summed E-state index contributed by atoms with van der Waals surface area (Å²) in [5.74, 6) is -0.962. The Kier molecular flexibility index (Phi) is 5.32. The number of rotatable bonds is 5. The summed E-state index contributed by atoms with van der Waals surface area (Å²) in [6, 6.07) is 6.98. The maximum atomic E-state index is 12.5. The zero-order valence-electron chi connectivity index (χ0n) is 14.6. The molecular weight excluding hydrogens is 322 g/mol. The van der Waals surface area contributed by atoms with Gasteiger partial charge in [-0.25, -0.2) is 4.79 Å². The van der Waals surface area contributed by atoms with Crippen molar-refractivity contribution in [2.75, 3.05) is 6.61 Å². The first-order valence-corrected chi connectivity index (χ1v) is 7.74. The van der Waals surface area contributed by atoms with Gasteiger partial charge in [0.1, 0.15) is 0 Å². The van der Waals surface area contributed by atoms with Gasteiger partial charge in [0.05, 0.1) is 10.5 Å². The number of aryl methyl sites for hydroxylation is 2. The number of non-ortho nitro benzene ring substituents is 1. The molecule has 0 aromatic heterocycles. The standard InChI is InChI=1S/C19H19NO5/c1-11-9-12(2)18(14(4)13(11)3)17(21)10-25-19(22)15-5-7-16(8-6-15)20(23)24/h5-9H,10H2,1-4H3. The number of Topliss-reactive ketones (excluding diaryl/α,β-unsaturated/α-hetero) is 1. The van der Waals surface area contributed by atoms with Crippen LogP contribution in [-0.2, 0) is 4.74 Å². The fourth-order valence-corrected chi connectivity index (χ4v) is 2.72. The quantitative estimate of drug-likeness (QED) is 0.357. The van der Waals surface area contributed by atoms with Gasteiger partial charge < -0.3 is 4.74 Å². The Morgan fingerprint density at radius 1 is 1.00 bits per heavy atom. The molecule has 0 atom stereocenters. The van der Waals surface area contributed by atoms with Crippen LogP contribution in [0.4, 0.5) is 5.69 Å². The molecule has 0 saturated carbocycles. The van der Waals surface area contributed by atoms with Crippen molar-refractivity contribution in [3.05, 3.63) is 73.8 Å². The molecule has 0 spiro atoms. The van der Waals surface area contributed by atoms with Crippen LogP contribution in [-0.4, -0.2) is 23.3 Å². The van der Waals surface area contributed by atoms with E-state index in [2.05, 4.69) is 0 Å². The fraction of sp³-hybridized carbons (Fsp3) is 0.263. The summed E-state index contributed by atoms with van der Waals surface area (Å²) >= 11 is 0. The molecule has 0 heterocycles. The van der Waals surface area contributed by atoms with E-state index in [-0.39, 0.29) is 23.6 Å². The maximum Gasteiger partial charge on any atom is 0.338 e.